The van der Waals surface area contributed by atoms with Gasteiger partial charge in [0.15, 0.2) is 5.11 Å². The Balaban J connectivity index is 1.95. The second-order valence-corrected chi connectivity index (χ2v) is 9.13. The normalized spacial score (nSPS) is 15.8. The summed E-state index contributed by atoms with van der Waals surface area (Å²) in [6.07, 6.45) is -0.312. The molecule has 11 heteroatoms. The molecule has 0 unspecified atom stereocenters. The molecule has 0 radical (unpaired) electrons. The molecule has 0 spiro atoms. The molecular weight excluding hydrogens is 476 g/mol. The molecule has 1 heterocycles. The zero-order chi connectivity index (χ0) is 25.4. The molecule has 5 N–H and O–H groups in total. The summed E-state index contributed by atoms with van der Waals surface area (Å²) in [6.45, 7) is 5.25. The number of thiocarbonyl (C=S) groups is 1. The lowest BCUT2D eigenvalue weighted by atomic mass is 10.0. The zero-order valence-electron chi connectivity index (χ0n) is 18.8. The number of nitriles is 1. The van der Waals surface area contributed by atoms with Gasteiger partial charge in [-0.05, 0) is 75.0 Å². The average Bonchev–Trinajstić information content (AvgIpc) is 2.93. The van der Waals surface area contributed by atoms with Gasteiger partial charge in [0.05, 0.1) is 40.5 Å². The van der Waals surface area contributed by atoms with Crippen molar-refractivity contribution in [3.8, 4) is 6.07 Å². The fraction of sp³-hybridized carbons (Fsp3) is 0.261. The minimum absolute atomic E-state index is 0.231. The first-order valence-corrected chi connectivity index (χ1v) is 11.0. The van der Waals surface area contributed by atoms with Crippen molar-refractivity contribution in [2.24, 2.45) is 11.5 Å². The smallest absolute Gasteiger partial charge is 0.259 e. The van der Waals surface area contributed by atoms with Gasteiger partial charge in [-0.15, -0.1) is 0 Å². The third kappa shape index (κ3) is 4.59. The summed E-state index contributed by atoms with van der Waals surface area (Å²) >= 11 is 11.9. The largest absolute Gasteiger partial charge is 0.368 e. The van der Waals surface area contributed by atoms with E-state index in [4.69, 9.17) is 35.3 Å². The van der Waals surface area contributed by atoms with Gasteiger partial charge >= 0.3 is 0 Å². The lowest BCUT2D eigenvalue weighted by Crippen LogP contribution is -2.44. The molecule has 34 heavy (non-hydrogen) atoms. The van der Waals surface area contributed by atoms with Gasteiger partial charge in [-0.25, -0.2) is 0 Å². The number of hydrogen-bond acceptors (Lipinski definition) is 6. The van der Waals surface area contributed by atoms with Crippen LogP contribution in [0.1, 0.15) is 31.4 Å². The molecule has 1 aliphatic heterocycles. The molecule has 3 rings (SSSR count). The highest BCUT2D eigenvalue weighted by molar-refractivity contribution is 7.81. The van der Waals surface area contributed by atoms with Crippen LogP contribution in [-0.4, -0.2) is 34.4 Å². The van der Waals surface area contributed by atoms with Crippen molar-refractivity contribution in [1.82, 2.24) is 0 Å². The molecule has 9 nitrogen and oxygen atoms in total. The van der Waals surface area contributed by atoms with E-state index in [-0.39, 0.29) is 28.2 Å². The fourth-order valence-electron chi connectivity index (χ4n) is 3.62. The molecule has 3 amide bonds. The number of nitrogens with one attached hydrogen (secondary N) is 1. The Morgan fingerprint density at radius 2 is 1.88 bits per heavy atom. The van der Waals surface area contributed by atoms with Gasteiger partial charge in [0.2, 0.25) is 11.8 Å². The third-order valence-corrected chi connectivity index (χ3v) is 6.20. The summed E-state index contributed by atoms with van der Waals surface area (Å²) in [7, 11) is 0. The first-order valence-electron chi connectivity index (χ1n) is 10.2. The van der Waals surface area contributed by atoms with Crippen LogP contribution in [0.15, 0.2) is 36.4 Å². The number of amides is 3. The van der Waals surface area contributed by atoms with E-state index in [1.165, 1.54) is 4.90 Å². The molecule has 1 atom stereocenters. The van der Waals surface area contributed by atoms with Crippen molar-refractivity contribution >= 4 is 63.7 Å². The van der Waals surface area contributed by atoms with E-state index in [1.807, 2.05) is 0 Å². The Morgan fingerprint density at radius 1 is 1.24 bits per heavy atom. The van der Waals surface area contributed by atoms with Crippen LogP contribution in [0.5, 0.6) is 0 Å². The summed E-state index contributed by atoms with van der Waals surface area (Å²) in [6, 6.07) is 10.9. The number of aryl methyl sites for hydroxylation is 1. The van der Waals surface area contributed by atoms with E-state index < -0.39 is 23.4 Å². The highest BCUT2D eigenvalue weighted by Crippen LogP contribution is 2.39. The van der Waals surface area contributed by atoms with Crippen LogP contribution < -0.4 is 26.6 Å². The maximum Gasteiger partial charge on any atom is 0.259 e. The van der Waals surface area contributed by atoms with Crippen LogP contribution in [0.25, 0.3) is 0 Å². The molecule has 2 aromatic carbocycles. The monoisotopic (exact) mass is 498 g/mol. The SMILES string of the molecule is Cc1cc(N2C(=O)C(C)(C)N(c3ccc(Cl)c(NC(=O)C[C@H](N)C(N)=O)c3)C2=S)ccc1C#N. The van der Waals surface area contributed by atoms with Crippen LogP contribution in [0, 0.1) is 18.3 Å². The summed E-state index contributed by atoms with van der Waals surface area (Å²) in [5.74, 6) is -1.59. The molecule has 2 aromatic rings. The number of anilines is 3. The van der Waals surface area contributed by atoms with Gasteiger partial charge in [-0.3, -0.25) is 19.3 Å². The van der Waals surface area contributed by atoms with Crippen molar-refractivity contribution < 1.29 is 14.4 Å². The van der Waals surface area contributed by atoms with E-state index in [2.05, 4.69) is 11.4 Å². The number of carbonyl (C=O) groups is 3. The van der Waals surface area contributed by atoms with E-state index in [0.29, 0.717) is 16.9 Å². The number of halogens is 1. The zero-order valence-corrected chi connectivity index (χ0v) is 20.3. The van der Waals surface area contributed by atoms with Crippen LogP contribution in [0.4, 0.5) is 17.1 Å². The molecule has 1 aliphatic rings. The van der Waals surface area contributed by atoms with Crippen molar-refractivity contribution in [2.75, 3.05) is 15.1 Å². The van der Waals surface area contributed by atoms with Crippen molar-refractivity contribution in [1.29, 1.82) is 5.26 Å². The number of hydrogen-bond donors (Lipinski definition) is 3. The quantitative estimate of drug-likeness (QED) is 0.519. The molecule has 176 valence electrons. The molecule has 1 fully saturated rings. The minimum Gasteiger partial charge on any atom is -0.368 e. The Hall–Kier alpha value is -3.52. The van der Waals surface area contributed by atoms with E-state index >= 15 is 0 Å². The van der Waals surface area contributed by atoms with E-state index in [0.717, 1.165) is 5.56 Å². The van der Waals surface area contributed by atoms with Crippen LogP contribution in [-0.2, 0) is 14.4 Å². The number of nitrogens with zero attached hydrogens (tertiary/aromatic N) is 3. The molecule has 0 bridgehead atoms. The summed E-state index contributed by atoms with van der Waals surface area (Å²) in [4.78, 5) is 39.9. The average molecular weight is 499 g/mol. The second-order valence-electron chi connectivity index (χ2n) is 8.35. The first kappa shape index (κ1) is 25.1. The lowest BCUT2D eigenvalue weighted by molar-refractivity contribution is -0.123. The fourth-order valence-corrected chi connectivity index (χ4v) is 4.30. The molecule has 0 aliphatic carbocycles. The minimum atomic E-state index is -1.13. The maximum absolute atomic E-state index is 13.4. The molecule has 0 aromatic heterocycles. The number of benzene rings is 2. The molecular formula is C23H23ClN6O3S. The lowest BCUT2D eigenvalue weighted by Gasteiger charge is -2.30. The number of rotatable bonds is 6. The van der Waals surface area contributed by atoms with Crippen molar-refractivity contribution in [3.63, 3.8) is 0 Å². The maximum atomic E-state index is 13.4. The number of nitrogens with two attached hydrogens (primary N) is 2. The van der Waals surface area contributed by atoms with Gasteiger partial charge in [0, 0.05) is 5.69 Å². The Bertz CT molecular complexity index is 1260. The van der Waals surface area contributed by atoms with Crippen molar-refractivity contribution in [2.45, 2.75) is 38.8 Å². The Kier molecular flexibility index (Phi) is 6.93. The van der Waals surface area contributed by atoms with Crippen LogP contribution >= 0.6 is 23.8 Å². The van der Waals surface area contributed by atoms with Crippen LogP contribution in [0.3, 0.4) is 0 Å². The van der Waals surface area contributed by atoms with Crippen LogP contribution in [0.2, 0.25) is 5.02 Å². The Labute approximate surface area is 207 Å². The highest BCUT2D eigenvalue weighted by atomic mass is 35.5. The topological polar surface area (TPSA) is 146 Å². The standard InChI is InChI=1S/C23H23ClN6O3S/c1-12-8-14(5-4-13(12)11-25)29-21(33)23(2,3)30(22(29)34)15-6-7-16(24)18(9-15)28-19(31)10-17(26)20(27)32/h4-9,17H,10,26H2,1-3H3,(H2,27,32)(H,28,31)/t17-/m0/s1. The van der Waals surface area contributed by atoms with Gasteiger partial charge in [-0.1, -0.05) is 11.6 Å². The van der Waals surface area contributed by atoms with E-state index in [1.54, 1.807) is 62.1 Å². The Morgan fingerprint density at radius 3 is 2.47 bits per heavy atom. The first-order chi connectivity index (χ1) is 15.9. The predicted molar refractivity (Wildman–Crippen MR) is 134 cm³/mol. The van der Waals surface area contributed by atoms with Gasteiger partial charge in [0.1, 0.15) is 5.54 Å². The summed E-state index contributed by atoms with van der Waals surface area (Å²) in [5, 5.41) is 12.3. The van der Waals surface area contributed by atoms with Gasteiger partial charge in [-0.2, -0.15) is 5.26 Å². The second kappa shape index (κ2) is 9.38. The van der Waals surface area contributed by atoms with Crippen molar-refractivity contribution in [3.05, 3.63) is 52.5 Å². The third-order valence-electron chi connectivity index (χ3n) is 5.51. The van der Waals surface area contributed by atoms with E-state index in [9.17, 15) is 19.6 Å². The molecule has 1 saturated heterocycles. The summed E-state index contributed by atoms with van der Waals surface area (Å²) < 4.78 is 0. The van der Waals surface area contributed by atoms with Gasteiger partial charge in [0.25, 0.3) is 5.91 Å². The van der Waals surface area contributed by atoms with Gasteiger partial charge < -0.3 is 21.7 Å². The number of carbonyl (C=O) groups excluding carboxylic acids is 3. The number of primary amides is 1. The molecule has 0 saturated carbocycles. The predicted octanol–water partition coefficient (Wildman–Crippen LogP) is 2.58. The highest BCUT2D eigenvalue weighted by Gasteiger charge is 2.50. The summed E-state index contributed by atoms with van der Waals surface area (Å²) in [5.41, 5.74) is 12.2.